The SMILES string of the molecule is CCCn1nccc1CNC(C)CSCC. The third-order valence-corrected chi connectivity index (χ3v) is 3.59. The molecule has 1 aromatic rings. The number of rotatable bonds is 8. The highest BCUT2D eigenvalue weighted by Crippen LogP contribution is 2.04. The molecule has 0 aromatic carbocycles. The van der Waals surface area contributed by atoms with E-state index < -0.39 is 0 Å². The molecule has 0 aliphatic heterocycles. The first-order chi connectivity index (χ1) is 7.77. The molecule has 1 aromatic heterocycles. The molecule has 0 fully saturated rings. The summed E-state index contributed by atoms with van der Waals surface area (Å²) in [7, 11) is 0. The lowest BCUT2D eigenvalue weighted by molar-refractivity contribution is 0.526. The van der Waals surface area contributed by atoms with E-state index in [2.05, 4.69) is 41.9 Å². The Bertz CT molecular complexity index is 286. The zero-order valence-electron chi connectivity index (χ0n) is 10.6. The normalized spacial score (nSPS) is 12.9. The average molecular weight is 241 g/mol. The second-order valence-electron chi connectivity index (χ2n) is 3.99. The summed E-state index contributed by atoms with van der Waals surface area (Å²) in [5.41, 5.74) is 1.29. The fourth-order valence-corrected chi connectivity index (χ4v) is 2.26. The van der Waals surface area contributed by atoms with Crippen LogP contribution < -0.4 is 5.32 Å². The molecule has 0 radical (unpaired) electrons. The minimum Gasteiger partial charge on any atom is -0.308 e. The fraction of sp³-hybridized carbons (Fsp3) is 0.750. The van der Waals surface area contributed by atoms with Crippen molar-refractivity contribution in [2.75, 3.05) is 11.5 Å². The van der Waals surface area contributed by atoms with Crippen LogP contribution in [0.1, 0.15) is 32.9 Å². The number of thioether (sulfide) groups is 1. The summed E-state index contributed by atoms with van der Waals surface area (Å²) < 4.78 is 2.09. The molecule has 0 saturated heterocycles. The smallest absolute Gasteiger partial charge is 0.0522 e. The Kier molecular flexibility index (Phi) is 6.57. The molecular weight excluding hydrogens is 218 g/mol. The minimum atomic E-state index is 0.565. The summed E-state index contributed by atoms with van der Waals surface area (Å²) in [5.74, 6) is 2.37. The van der Waals surface area contributed by atoms with E-state index in [1.807, 2.05) is 18.0 Å². The van der Waals surface area contributed by atoms with Gasteiger partial charge >= 0.3 is 0 Å². The summed E-state index contributed by atoms with van der Waals surface area (Å²) in [6.45, 7) is 8.56. The maximum atomic E-state index is 4.32. The molecule has 0 amide bonds. The number of nitrogens with zero attached hydrogens (tertiary/aromatic N) is 2. The van der Waals surface area contributed by atoms with Crippen molar-refractivity contribution in [2.45, 2.75) is 46.3 Å². The van der Waals surface area contributed by atoms with Crippen molar-refractivity contribution in [3.05, 3.63) is 18.0 Å². The molecule has 1 N–H and O–H groups in total. The van der Waals surface area contributed by atoms with E-state index in [9.17, 15) is 0 Å². The third-order valence-electron chi connectivity index (χ3n) is 2.44. The van der Waals surface area contributed by atoms with Crippen LogP contribution in [0.2, 0.25) is 0 Å². The van der Waals surface area contributed by atoms with Crippen LogP contribution >= 0.6 is 11.8 Å². The Morgan fingerprint density at radius 1 is 1.50 bits per heavy atom. The van der Waals surface area contributed by atoms with Crippen LogP contribution in [0.25, 0.3) is 0 Å². The molecule has 0 spiro atoms. The van der Waals surface area contributed by atoms with Crippen LogP contribution in [0.4, 0.5) is 0 Å². The van der Waals surface area contributed by atoms with E-state index in [0.717, 1.165) is 19.5 Å². The number of aryl methyl sites for hydroxylation is 1. The molecule has 0 saturated carbocycles. The van der Waals surface area contributed by atoms with E-state index in [1.165, 1.54) is 17.2 Å². The highest BCUT2D eigenvalue weighted by atomic mass is 32.2. The molecule has 3 nitrogen and oxygen atoms in total. The molecule has 1 heterocycles. The van der Waals surface area contributed by atoms with E-state index in [-0.39, 0.29) is 0 Å². The Labute approximate surface area is 103 Å². The standard InChI is InChI=1S/C12H23N3S/c1-4-8-15-12(6-7-14-15)9-13-11(3)10-16-5-2/h6-7,11,13H,4-5,8-10H2,1-3H3. The van der Waals surface area contributed by atoms with Gasteiger partial charge in [-0.05, 0) is 25.2 Å². The number of aromatic nitrogens is 2. The van der Waals surface area contributed by atoms with E-state index in [4.69, 9.17) is 0 Å². The van der Waals surface area contributed by atoms with Gasteiger partial charge in [0.25, 0.3) is 0 Å². The summed E-state index contributed by atoms with van der Waals surface area (Å²) in [5, 5.41) is 7.85. The quantitative estimate of drug-likeness (QED) is 0.758. The van der Waals surface area contributed by atoms with E-state index in [1.54, 1.807) is 0 Å². The van der Waals surface area contributed by atoms with E-state index in [0.29, 0.717) is 6.04 Å². The molecule has 0 aliphatic rings. The van der Waals surface area contributed by atoms with E-state index >= 15 is 0 Å². The van der Waals surface area contributed by atoms with Gasteiger partial charge in [0.2, 0.25) is 0 Å². The molecule has 0 bridgehead atoms. The third kappa shape index (κ3) is 4.58. The van der Waals surface area contributed by atoms with Crippen molar-refractivity contribution in [2.24, 2.45) is 0 Å². The van der Waals surface area contributed by atoms with Gasteiger partial charge in [0.15, 0.2) is 0 Å². The zero-order valence-corrected chi connectivity index (χ0v) is 11.4. The molecule has 1 atom stereocenters. The topological polar surface area (TPSA) is 29.9 Å². The van der Waals surface area contributed by atoms with Gasteiger partial charge in [-0.1, -0.05) is 13.8 Å². The van der Waals surface area contributed by atoms with Crippen molar-refractivity contribution >= 4 is 11.8 Å². The summed E-state index contributed by atoms with van der Waals surface area (Å²) in [6, 6.07) is 2.66. The van der Waals surface area contributed by atoms with Gasteiger partial charge < -0.3 is 5.32 Å². The Balaban J connectivity index is 2.32. The van der Waals surface area contributed by atoms with Crippen molar-refractivity contribution in [3.63, 3.8) is 0 Å². The van der Waals surface area contributed by atoms with Gasteiger partial charge in [-0.3, -0.25) is 4.68 Å². The van der Waals surface area contributed by atoms with Gasteiger partial charge in [0, 0.05) is 31.1 Å². The van der Waals surface area contributed by atoms with Crippen molar-refractivity contribution in [1.82, 2.24) is 15.1 Å². The Morgan fingerprint density at radius 3 is 3.00 bits per heavy atom. The van der Waals surface area contributed by atoms with Crippen LogP contribution in [0.15, 0.2) is 12.3 Å². The Hall–Kier alpha value is -0.480. The first-order valence-electron chi connectivity index (χ1n) is 6.09. The van der Waals surface area contributed by atoms with Crippen molar-refractivity contribution < 1.29 is 0 Å². The molecule has 1 unspecified atom stereocenters. The minimum absolute atomic E-state index is 0.565. The van der Waals surface area contributed by atoms with Gasteiger partial charge in [-0.15, -0.1) is 0 Å². The second kappa shape index (κ2) is 7.74. The van der Waals surface area contributed by atoms with Crippen molar-refractivity contribution in [3.8, 4) is 0 Å². The monoisotopic (exact) mass is 241 g/mol. The fourth-order valence-electron chi connectivity index (χ4n) is 1.56. The number of nitrogens with one attached hydrogen (secondary N) is 1. The molecule has 4 heteroatoms. The number of hydrogen-bond acceptors (Lipinski definition) is 3. The zero-order chi connectivity index (χ0) is 11.8. The summed E-state index contributed by atoms with van der Waals surface area (Å²) >= 11 is 1.98. The maximum Gasteiger partial charge on any atom is 0.0522 e. The van der Waals surface area contributed by atoms with Gasteiger partial charge in [-0.25, -0.2) is 0 Å². The molecular formula is C12H23N3S. The van der Waals surface area contributed by atoms with Crippen LogP contribution in [0.5, 0.6) is 0 Å². The lowest BCUT2D eigenvalue weighted by Gasteiger charge is -2.13. The maximum absolute atomic E-state index is 4.32. The van der Waals surface area contributed by atoms with Crippen LogP contribution in [-0.2, 0) is 13.1 Å². The average Bonchev–Trinajstić information content (AvgIpc) is 2.72. The van der Waals surface area contributed by atoms with Crippen LogP contribution in [0, 0.1) is 0 Å². The molecule has 92 valence electrons. The first-order valence-corrected chi connectivity index (χ1v) is 7.25. The molecule has 16 heavy (non-hydrogen) atoms. The highest BCUT2D eigenvalue weighted by molar-refractivity contribution is 7.99. The highest BCUT2D eigenvalue weighted by Gasteiger charge is 2.04. The Morgan fingerprint density at radius 2 is 2.31 bits per heavy atom. The van der Waals surface area contributed by atoms with Gasteiger partial charge in [0.1, 0.15) is 0 Å². The summed E-state index contributed by atoms with van der Waals surface area (Å²) in [6.07, 6.45) is 3.02. The number of hydrogen-bond donors (Lipinski definition) is 1. The lowest BCUT2D eigenvalue weighted by atomic mass is 10.3. The molecule has 0 aliphatic carbocycles. The van der Waals surface area contributed by atoms with Crippen LogP contribution in [0.3, 0.4) is 0 Å². The predicted octanol–water partition coefficient (Wildman–Crippen LogP) is 2.52. The van der Waals surface area contributed by atoms with Gasteiger partial charge in [0.05, 0.1) is 5.69 Å². The van der Waals surface area contributed by atoms with Gasteiger partial charge in [-0.2, -0.15) is 16.9 Å². The summed E-state index contributed by atoms with van der Waals surface area (Å²) in [4.78, 5) is 0. The second-order valence-corrected chi connectivity index (χ2v) is 5.31. The van der Waals surface area contributed by atoms with Crippen LogP contribution in [-0.4, -0.2) is 27.3 Å². The predicted molar refractivity (Wildman–Crippen MR) is 71.8 cm³/mol. The lowest BCUT2D eigenvalue weighted by Crippen LogP contribution is -2.28. The largest absolute Gasteiger partial charge is 0.308 e. The first kappa shape index (κ1) is 13.6. The van der Waals surface area contributed by atoms with Crippen molar-refractivity contribution in [1.29, 1.82) is 0 Å². The molecule has 1 rings (SSSR count).